The summed E-state index contributed by atoms with van der Waals surface area (Å²) in [5.74, 6) is -1.39. The molecule has 0 heterocycles. The molecule has 0 saturated carbocycles. The Labute approximate surface area is 138 Å². The minimum Gasteiger partial charge on any atom is -0.481 e. The Hall–Kier alpha value is -3.20. The van der Waals surface area contributed by atoms with Crippen molar-refractivity contribution >= 4 is 11.8 Å². The largest absolute Gasteiger partial charge is 0.481 e. The fourth-order valence-corrected chi connectivity index (χ4v) is 1.96. The molecule has 0 radical (unpaired) electrons. The van der Waals surface area contributed by atoms with Crippen molar-refractivity contribution in [3.63, 3.8) is 0 Å². The molecule has 24 heavy (non-hydrogen) atoms. The molecule has 0 N–H and O–H groups in total. The second-order valence-corrected chi connectivity index (χ2v) is 4.90. The van der Waals surface area contributed by atoms with Crippen molar-refractivity contribution in [1.29, 1.82) is 5.26 Å². The lowest BCUT2D eigenvalue weighted by Crippen LogP contribution is -2.27. The normalized spacial score (nSPS) is 11.2. The smallest absolute Gasteiger partial charge is 0.344 e. The van der Waals surface area contributed by atoms with Crippen LogP contribution in [0.5, 0.6) is 5.75 Å². The molecule has 0 fully saturated rings. The quantitative estimate of drug-likeness (QED) is 0.602. The van der Waals surface area contributed by atoms with Gasteiger partial charge in [-0.1, -0.05) is 12.1 Å². The van der Waals surface area contributed by atoms with Gasteiger partial charge in [0.1, 0.15) is 17.6 Å². The predicted molar refractivity (Wildman–Crippen MR) is 82.9 cm³/mol. The molecule has 0 aliphatic rings. The number of esters is 1. The molecule has 0 aliphatic heterocycles. The molecule has 0 aromatic heterocycles. The van der Waals surface area contributed by atoms with E-state index in [9.17, 15) is 14.0 Å². The summed E-state index contributed by atoms with van der Waals surface area (Å²) in [4.78, 5) is 23.9. The van der Waals surface area contributed by atoms with Gasteiger partial charge in [-0.2, -0.15) is 5.26 Å². The van der Waals surface area contributed by atoms with Gasteiger partial charge in [-0.05, 0) is 43.3 Å². The van der Waals surface area contributed by atoms with Crippen molar-refractivity contribution in [3.05, 3.63) is 65.5 Å². The molecule has 0 aliphatic carbocycles. The average Bonchev–Trinajstić information content (AvgIpc) is 2.60. The highest BCUT2D eigenvalue weighted by Crippen LogP contribution is 2.16. The number of carbonyl (C=O) groups excluding carboxylic acids is 2. The minimum absolute atomic E-state index is 0.243. The van der Waals surface area contributed by atoms with Gasteiger partial charge in [0, 0.05) is 5.56 Å². The molecule has 0 unspecified atom stereocenters. The van der Waals surface area contributed by atoms with Gasteiger partial charge in [-0.3, -0.25) is 4.79 Å². The van der Waals surface area contributed by atoms with E-state index in [1.54, 1.807) is 24.3 Å². The van der Waals surface area contributed by atoms with E-state index in [2.05, 4.69) is 0 Å². The number of rotatable bonds is 6. The molecule has 0 amide bonds. The van der Waals surface area contributed by atoms with Crippen LogP contribution in [0.25, 0.3) is 0 Å². The molecule has 2 aromatic carbocycles. The van der Waals surface area contributed by atoms with Crippen LogP contribution in [0.1, 0.15) is 22.8 Å². The van der Waals surface area contributed by atoms with E-state index in [1.807, 2.05) is 6.07 Å². The Morgan fingerprint density at radius 3 is 2.50 bits per heavy atom. The van der Waals surface area contributed by atoms with Crippen molar-refractivity contribution in [2.24, 2.45) is 0 Å². The summed E-state index contributed by atoms with van der Waals surface area (Å²) in [6.07, 6.45) is -1.03. The van der Waals surface area contributed by atoms with Crippen molar-refractivity contribution < 1.29 is 23.5 Å². The van der Waals surface area contributed by atoms with E-state index in [-0.39, 0.29) is 11.3 Å². The maximum atomic E-state index is 12.8. The van der Waals surface area contributed by atoms with Gasteiger partial charge in [0.2, 0.25) is 5.78 Å². The lowest BCUT2D eigenvalue weighted by Gasteiger charge is -2.13. The number of nitriles is 1. The first-order chi connectivity index (χ1) is 11.5. The Morgan fingerprint density at radius 2 is 1.83 bits per heavy atom. The number of carbonyl (C=O) groups is 2. The Balaban J connectivity index is 1.91. The second-order valence-electron chi connectivity index (χ2n) is 4.90. The SMILES string of the molecule is C[C@H](OC(=O)COc1ccccc1C#N)C(=O)c1ccc(F)cc1. The van der Waals surface area contributed by atoms with Crippen LogP contribution in [0.4, 0.5) is 4.39 Å². The summed E-state index contributed by atoms with van der Waals surface area (Å²) >= 11 is 0. The van der Waals surface area contributed by atoms with Crippen LogP contribution in [0.15, 0.2) is 48.5 Å². The monoisotopic (exact) mass is 327 g/mol. The topological polar surface area (TPSA) is 76.4 Å². The van der Waals surface area contributed by atoms with Crippen molar-refractivity contribution in [3.8, 4) is 11.8 Å². The van der Waals surface area contributed by atoms with E-state index in [0.29, 0.717) is 5.56 Å². The highest BCUT2D eigenvalue weighted by atomic mass is 19.1. The molecule has 0 saturated heterocycles. The van der Waals surface area contributed by atoms with Crippen LogP contribution in [0.2, 0.25) is 0 Å². The summed E-state index contributed by atoms with van der Waals surface area (Å²) in [6.45, 7) is 0.993. The molecule has 2 rings (SSSR count). The maximum absolute atomic E-state index is 12.8. The number of hydrogen-bond donors (Lipinski definition) is 0. The first kappa shape index (κ1) is 17.2. The van der Waals surface area contributed by atoms with Crippen LogP contribution in [-0.2, 0) is 9.53 Å². The zero-order chi connectivity index (χ0) is 17.5. The number of para-hydroxylation sites is 1. The van der Waals surface area contributed by atoms with Crippen LogP contribution in [0.3, 0.4) is 0 Å². The Bertz CT molecular complexity index is 780. The fraction of sp³-hybridized carbons (Fsp3) is 0.167. The standard InChI is InChI=1S/C18H14FNO4/c1-12(18(22)13-6-8-15(19)9-7-13)24-17(21)11-23-16-5-3-2-4-14(16)10-20/h2-9,12H,11H2,1H3/t12-/m0/s1. The highest BCUT2D eigenvalue weighted by Gasteiger charge is 2.20. The maximum Gasteiger partial charge on any atom is 0.344 e. The third-order valence-electron chi connectivity index (χ3n) is 3.16. The molecule has 2 aromatic rings. The van der Waals surface area contributed by atoms with Gasteiger partial charge < -0.3 is 9.47 Å². The average molecular weight is 327 g/mol. The number of hydrogen-bond acceptors (Lipinski definition) is 5. The predicted octanol–water partition coefficient (Wildman–Crippen LogP) is 2.89. The molecular weight excluding hydrogens is 313 g/mol. The van der Waals surface area contributed by atoms with Crippen LogP contribution in [0, 0.1) is 17.1 Å². The molecule has 0 spiro atoms. The molecular formula is C18H14FNO4. The van der Waals surface area contributed by atoms with Crippen LogP contribution >= 0.6 is 0 Å². The van der Waals surface area contributed by atoms with E-state index < -0.39 is 30.3 Å². The third-order valence-corrected chi connectivity index (χ3v) is 3.16. The first-order valence-electron chi connectivity index (χ1n) is 7.12. The van der Waals surface area contributed by atoms with Gasteiger partial charge in [0.05, 0.1) is 5.56 Å². The lowest BCUT2D eigenvalue weighted by molar-refractivity contribution is -0.148. The van der Waals surface area contributed by atoms with Gasteiger partial charge in [-0.15, -0.1) is 0 Å². The molecule has 1 atom stereocenters. The van der Waals surface area contributed by atoms with Gasteiger partial charge in [0.15, 0.2) is 12.7 Å². The summed E-state index contributed by atoms with van der Waals surface area (Å²) in [5.41, 5.74) is 0.535. The lowest BCUT2D eigenvalue weighted by atomic mass is 10.1. The summed E-state index contributed by atoms with van der Waals surface area (Å²) in [5, 5.41) is 8.93. The van der Waals surface area contributed by atoms with Gasteiger partial charge in [0.25, 0.3) is 0 Å². The Morgan fingerprint density at radius 1 is 1.17 bits per heavy atom. The molecule has 122 valence electrons. The molecule has 0 bridgehead atoms. The number of ketones is 1. The molecule has 6 heteroatoms. The summed E-state index contributed by atoms with van der Waals surface area (Å²) < 4.78 is 23.1. The number of Topliss-reactive ketones (excluding diaryl/α,β-unsaturated/α-hetero) is 1. The minimum atomic E-state index is -1.03. The Kier molecular flexibility index (Phi) is 5.63. The van der Waals surface area contributed by atoms with Crippen molar-refractivity contribution in [1.82, 2.24) is 0 Å². The number of halogens is 1. The summed E-state index contributed by atoms with van der Waals surface area (Å²) in [7, 11) is 0. The summed E-state index contributed by atoms with van der Waals surface area (Å²) in [6, 6.07) is 13.4. The third kappa shape index (κ3) is 4.40. The van der Waals surface area contributed by atoms with Gasteiger partial charge in [-0.25, -0.2) is 9.18 Å². The van der Waals surface area contributed by atoms with Crippen molar-refractivity contribution in [2.45, 2.75) is 13.0 Å². The van der Waals surface area contributed by atoms with E-state index in [1.165, 1.54) is 19.1 Å². The second kappa shape index (κ2) is 7.88. The number of nitrogens with zero attached hydrogens (tertiary/aromatic N) is 1. The zero-order valence-corrected chi connectivity index (χ0v) is 12.9. The van der Waals surface area contributed by atoms with E-state index >= 15 is 0 Å². The van der Waals surface area contributed by atoms with Crippen LogP contribution in [-0.4, -0.2) is 24.5 Å². The first-order valence-corrected chi connectivity index (χ1v) is 7.12. The fourth-order valence-electron chi connectivity index (χ4n) is 1.96. The van der Waals surface area contributed by atoms with E-state index in [0.717, 1.165) is 12.1 Å². The van der Waals surface area contributed by atoms with Crippen LogP contribution < -0.4 is 4.74 Å². The van der Waals surface area contributed by atoms with E-state index in [4.69, 9.17) is 14.7 Å². The number of benzene rings is 2. The highest BCUT2D eigenvalue weighted by molar-refractivity contribution is 6.00. The zero-order valence-electron chi connectivity index (χ0n) is 12.9. The number of ether oxygens (including phenoxy) is 2. The van der Waals surface area contributed by atoms with Gasteiger partial charge >= 0.3 is 5.97 Å². The van der Waals surface area contributed by atoms with Crippen molar-refractivity contribution in [2.75, 3.05) is 6.61 Å². The molecule has 5 nitrogen and oxygen atoms in total.